The van der Waals surface area contributed by atoms with E-state index < -0.39 is 0 Å². The van der Waals surface area contributed by atoms with Crippen molar-refractivity contribution in [2.45, 2.75) is 12.8 Å². The lowest BCUT2D eigenvalue weighted by Crippen LogP contribution is -2.03. The van der Waals surface area contributed by atoms with Crippen LogP contribution in [0, 0.1) is 12.3 Å². The van der Waals surface area contributed by atoms with Crippen molar-refractivity contribution in [2.24, 2.45) is 0 Å². The summed E-state index contributed by atoms with van der Waals surface area (Å²) in [5.74, 6) is 1.65. The van der Waals surface area contributed by atoms with Gasteiger partial charge >= 0.3 is 5.97 Å². The summed E-state index contributed by atoms with van der Waals surface area (Å²) in [7, 11) is 0. The molecule has 0 aliphatic rings. The highest BCUT2D eigenvalue weighted by molar-refractivity contribution is 5.98. The van der Waals surface area contributed by atoms with Gasteiger partial charge in [-0.25, -0.2) is 0 Å². The molecule has 0 saturated carbocycles. The third-order valence-corrected chi connectivity index (χ3v) is 1.31. The normalized spacial score (nSPS) is 9.36. The van der Waals surface area contributed by atoms with Crippen LogP contribution in [0.4, 0.5) is 0 Å². The van der Waals surface area contributed by atoms with Gasteiger partial charge in [-0.3, -0.25) is 9.59 Å². The standard InChI is InChI=1S/C11H12O3/c1-3-9-14-11(13)8-6-5-7-10(12)4-2/h1,4-5,7H,2,6,8-9H2. The highest BCUT2D eigenvalue weighted by atomic mass is 16.5. The molecule has 0 atom stereocenters. The third-order valence-electron chi connectivity index (χ3n) is 1.31. The van der Waals surface area contributed by atoms with E-state index in [0.29, 0.717) is 6.42 Å². The molecule has 0 amide bonds. The van der Waals surface area contributed by atoms with E-state index in [-0.39, 0.29) is 24.8 Å². The summed E-state index contributed by atoms with van der Waals surface area (Å²) in [5.41, 5.74) is 0. The molecule has 0 aliphatic carbocycles. The van der Waals surface area contributed by atoms with Crippen molar-refractivity contribution in [3.63, 3.8) is 0 Å². The number of rotatable bonds is 6. The van der Waals surface area contributed by atoms with Crippen molar-refractivity contribution in [3.8, 4) is 12.3 Å². The Labute approximate surface area is 83.4 Å². The number of ketones is 1. The predicted molar refractivity (Wildman–Crippen MR) is 53.4 cm³/mol. The van der Waals surface area contributed by atoms with Gasteiger partial charge in [0, 0.05) is 6.42 Å². The molecule has 0 aromatic rings. The van der Waals surface area contributed by atoms with Crippen LogP contribution in [0.25, 0.3) is 0 Å². The molecule has 0 fully saturated rings. The van der Waals surface area contributed by atoms with Gasteiger partial charge < -0.3 is 4.74 Å². The summed E-state index contributed by atoms with van der Waals surface area (Å²) < 4.78 is 4.61. The van der Waals surface area contributed by atoms with Crippen molar-refractivity contribution >= 4 is 11.8 Å². The number of hydrogen-bond donors (Lipinski definition) is 0. The first-order valence-electron chi connectivity index (χ1n) is 4.12. The largest absolute Gasteiger partial charge is 0.452 e. The van der Waals surface area contributed by atoms with Crippen LogP contribution in [0.1, 0.15) is 12.8 Å². The van der Waals surface area contributed by atoms with E-state index in [4.69, 9.17) is 6.42 Å². The molecule has 0 aromatic heterocycles. The van der Waals surface area contributed by atoms with Gasteiger partial charge in [0.2, 0.25) is 0 Å². The van der Waals surface area contributed by atoms with E-state index >= 15 is 0 Å². The van der Waals surface area contributed by atoms with Gasteiger partial charge in [-0.2, -0.15) is 0 Å². The molecular formula is C11H12O3. The number of terminal acetylenes is 1. The van der Waals surface area contributed by atoms with Crippen molar-refractivity contribution in [1.82, 2.24) is 0 Å². The minimum absolute atomic E-state index is 0.00582. The number of carbonyl (C=O) groups excluding carboxylic acids is 2. The fourth-order valence-corrected chi connectivity index (χ4v) is 0.663. The summed E-state index contributed by atoms with van der Waals surface area (Å²) in [6.07, 6.45) is 9.74. The van der Waals surface area contributed by atoms with Crippen LogP contribution in [0.2, 0.25) is 0 Å². The first-order valence-corrected chi connectivity index (χ1v) is 4.12. The topological polar surface area (TPSA) is 43.4 Å². The van der Waals surface area contributed by atoms with Gasteiger partial charge in [0.1, 0.15) is 0 Å². The minimum atomic E-state index is -0.362. The van der Waals surface area contributed by atoms with Gasteiger partial charge in [-0.1, -0.05) is 18.6 Å². The molecule has 0 unspecified atom stereocenters. The maximum atomic E-state index is 10.9. The lowest BCUT2D eigenvalue weighted by atomic mass is 10.2. The second kappa shape index (κ2) is 7.81. The van der Waals surface area contributed by atoms with Crippen LogP contribution in [0.3, 0.4) is 0 Å². The van der Waals surface area contributed by atoms with Crippen LogP contribution in [-0.4, -0.2) is 18.4 Å². The van der Waals surface area contributed by atoms with Crippen LogP contribution in [0.15, 0.2) is 24.8 Å². The Bertz CT molecular complexity index is 281. The molecule has 0 rings (SSSR count). The van der Waals surface area contributed by atoms with Crippen LogP contribution < -0.4 is 0 Å². The van der Waals surface area contributed by atoms with Gasteiger partial charge in [-0.05, 0) is 18.6 Å². The van der Waals surface area contributed by atoms with Crippen molar-refractivity contribution < 1.29 is 14.3 Å². The highest BCUT2D eigenvalue weighted by Crippen LogP contribution is 1.94. The summed E-state index contributed by atoms with van der Waals surface area (Å²) in [6, 6.07) is 0. The lowest BCUT2D eigenvalue weighted by molar-refractivity contribution is -0.142. The van der Waals surface area contributed by atoms with E-state index in [1.165, 1.54) is 12.2 Å². The molecule has 0 bridgehead atoms. The van der Waals surface area contributed by atoms with Crippen molar-refractivity contribution in [1.29, 1.82) is 0 Å². The zero-order valence-corrected chi connectivity index (χ0v) is 7.86. The van der Waals surface area contributed by atoms with E-state index in [1.807, 2.05) is 0 Å². The van der Waals surface area contributed by atoms with Gasteiger partial charge in [-0.15, -0.1) is 6.42 Å². The zero-order valence-electron chi connectivity index (χ0n) is 7.86. The summed E-state index contributed by atoms with van der Waals surface area (Å²) >= 11 is 0. The quantitative estimate of drug-likeness (QED) is 0.361. The first-order chi connectivity index (χ1) is 6.70. The average molecular weight is 192 g/mol. The molecule has 0 heterocycles. The third kappa shape index (κ3) is 6.86. The Kier molecular flexibility index (Phi) is 6.79. The van der Waals surface area contributed by atoms with Gasteiger partial charge in [0.25, 0.3) is 0 Å². The van der Waals surface area contributed by atoms with Gasteiger partial charge in [0.15, 0.2) is 12.4 Å². The highest BCUT2D eigenvalue weighted by Gasteiger charge is 1.98. The Balaban J connectivity index is 3.59. The molecule has 3 nitrogen and oxygen atoms in total. The molecule has 0 saturated heterocycles. The van der Waals surface area contributed by atoms with E-state index in [1.54, 1.807) is 6.08 Å². The number of ether oxygens (including phenoxy) is 1. The summed E-state index contributed by atoms with van der Waals surface area (Å²) in [5, 5.41) is 0. The monoisotopic (exact) mass is 192 g/mol. The lowest BCUT2D eigenvalue weighted by Gasteiger charge is -1.97. The van der Waals surface area contributed by atoms with Crippen LogP contribution in [0.5, 0.6) is 0 Å². The molecule has 14 heavy (non-hydrogen) atoms. The molecule has 0 spiro atoms. The van der Waals surface area contributed by atoms with Crippen molar-refractivity contribution in [3.05, 3.63) is 24.8 Å². The van der Waals surface area contributed by atoms with E-state index in [2.05, 4.69) is 17.2 Å². The smallest absolute Gasteiger partial charge is 0.307 e. The van der Waals surface area contributed by atoms with Crippen LogP contribution in [-0.2, 0) is 14.3 Å². The number of allylic oxidation sites excluding steroid dienone is 3. The number of esters is 1. The second-order valence-corrected chi connectivity index (χ2v) is 2.41. The predicted octanol–water partition coefficient (Wildman–Crippen LogP) is 1.25. The maximum Gasteiger partial charge on any atom is 0.307 e. The van der Waals surface area contributed by atoms with E-state index in [0.717, 1.165) is 0 Å². The Morgan fingerprint density at radius 1 is 1.50 bits per heavy atom. The molecule has 0 aliphatic heterocycles. The minimum Gasteiger partial charge on any atom is -0.452 e. The Morgan fingerprint density at radius 2 is 2.21 bits per heavy atom. The van der Waals surface area contributed by atoms with Crippen LogP contribution >= 0.6 is 0 Å². The molecule has 74 valence electrons. The first kappa shape index (κ1) is 12.2. The van der Waals surface area contributed by atoms with E-state index in [9.17, 15) is 9.59 Å². The molecular weight excluding hydrogens is 180 g/mol. The number of hydrogen-bond acceptors (Lipinski definition) is 3. The second-order valence-electron chi connectivity index (χ2n) is 2.41. The SMILES string of the molecule is C#CCOC(=O)CCC=CC(=O)C=C. The Morgan fingerprint density at radius 3 is 2.79 bits per heavy atom. The molecule has 0 aromatic carbocycles. The fourth-order valence-electron chi connectivity index (χ4n) is 0.663. The average Bonchev–Trinajstić information content (AvgIpc) is 2.21. The Hall–Kier alpha value is -1.82. The maximum absolute atomic E-state index is 10.9. The molecule has 0 radical (unpaired) electrons. The number of carbonyl (C=O) groups is 2. The van der Waals surface area contributed by atoms with Crippen molar-refractivity contribution in [2.75, 3.05) is 6.61 Å². The van der Waals surface area contributed by atoms with Gasteiger partial charge in [0.05, 0.1) is 0 Å². The summed E-state index contributed by atoms with van der Waals surface area (Å²) in [4.78, 5) is 21.5. The summed E-state index contributed by atoms with van der Waals surface area (Å²) in [6.45, 7) is 3.29. The fraction of sp³-hybridized carbons (Fsp3) is 0.273. The zero-order chi connectivity index (χ0) is 10.8. The molecule has 3 heteroatoms. The molecule has 0 N–H and O–H groups in total.